The Hall–Kier alpha value is -1.06. The van der Waals surface area contributed by atoms with Crippen LogP contribution in [-0.4, -0.2) is 39.8 Å². The molecule has 1 heterocycles. The van der Waals surface area contributed by atoms with Gasteiger partial charge in [0.15, 0.2) is 0 Å². The Labute approximate surface area is 117 Å². The lowest BCUT2D eigenvalue weighted by molar-refractivity contribution is -0.948. The van der Waals surface area contributed by atoms with E-state index in [1.165, 1.54) is 31.5 Å². The minimum Gasteiger partial charge on any atom is -0.494 e. The van der Waals surface area contributed by atoms with Gasteiger partial charge in [-0.3, -0.25) is 0 Å². The highest BCUT2D eigenvalue weighted by molar-refractivity contribution is 5.26. The first kappa shape index (κ1) is 14.4. The molecule has 0 aliphatic carbocycles. The molecule has 2 rings (SSSR count). The van der Waals surface area contributed by atoms with Crippen LogP contribution < -0.4 is 14.5 Å². The largest absolute Gasteiger partial charge is 0.494 e. The topological polar surface area (TPSA) is 18.1 Å². The van der Waals surface area contributed by atoms with Gasteiger partial charge >= 0.3 is 0 Å². The summed E-state index contributed by atoms with van der Waals surface area (Å²) in [6, 6.07) is 9.41. The molecule has 1 unspecified atom stereocenters. The van der Waals surface area contributed by atoms with Crippen molar-refractivity contribution in [1.29, 1.82) is 0 Å². The molecule has 2 N–H and O–H groups in total. The minimum atomic E-state index is 0.739. The molecular weight excluding hydrogens is 236 g/mol. The number of piperidine rings is 1. The van der Waals surface area contributed by atoms with Gasteiger partial charge in [0.25, 0.3) is 0 Å². The summed E-state index contributed by atoms with van der Waals surface area (Å²) >= 11 is 0. The molecular formula is C16H28N2O+2. The monoisotopic (exact) mass is 264 g/mol. The number of rotatable bonds is 5. The molecule has 0 aromatic heterocycles. The number of benzene rings is 1. The van der Waals surface area contributed by atoms with E-state index in [4.69, 9.17) is 4.74 Å². The third-order valence-electron chi connectivity index (χ3n) is 4.25. The van der Waals surface area contributed by atoms with Crippen LogP contribution in [0.5, 0.6) is 5.75 Å². The lowest BCUT2D eigenvalue weighted by Gasteiger charge is -2.30. The third-order valence-corrected chi connectivity index (χ3v) is 4.25. The van der Waals surface area contributed by atoms with Crippen molar-refractivity contribution >= 4 is 0 Å². The number of hydrogen-bond acceptors (Lipinski definition) is 1. The summed E-state index contributed by atoms with van der Waals surface area (Å²) in [5.74, 6) is 0.979. The van der Waals surface area contributed by atoms with E-state index in [-0.39, 0.29) is 0 Å². The Balaban J connectivity index is 1.86. The van der Waals surface area contributed by atoms with Gasteiger partial charge in [-0.2, -0.15) is 0 Å². The normalized spacial score (nSPS) is 25.0. The second kappa shape index (κ2) is 6.92. The molecule has 1 aromatic carbocycles. The molecule has 1 atom stereocenters. The molecule has 1 saturated heterocycles. The molecule has 1 aliphatic heterocycles. The molecule has 3 heteroatoms. The number of hydrogen-bond donors (Lipinski definition) is 2. The first-order valence-electron chi connectivity index (χ1n) is 7.54. The first-order chi connectivity index (χ1) is 9.19. The first-order valence-corrected chi connectivity index (χ1v) is 7.54. The Morgan fingerprint density at radius 1 is 1.21 bits per heavy atom. The SMILES string of the molecule is CCOc1ccc(C[NH+](C)C2CC[NH+](C)CC2)cc1. The van der Waals surface area contributed by atoms with Crippen molar-refractivity contribution in [1.82, 2.24) is 0 Å². The van der Waals surface area contributed by atoms with Crippen LogP contribution in [0.15, 0.2) is 24.3 Å². The van der Waals surface area contributed by atoms with E-state index in [0.717, 1.165) is 24.9 Å². The zero-order chi connectivity index (χ0) is 13.7. The standard InChI is InChI=1S/C16H26N2O/c1-4-19-16-7-5-14(6-8-16)13-18(3)15-9-11-17(2)12-10-15/h5-8,15H,4,9-13H2,1-3H3/p+2. The van der Waals surface area contributed by atoms with Crippen LogP contribution in [0.1, 0.15) is 25.3 Å². The van der Waals surface area contributed by atoms with Gasteiger partial charge < -0.3 is 14.5 Å². The average Bonchev–Trinajstić information content (AvgIpc) is 2.42. The molecule has 3 nitrogen and oxygen atoms in total. The van der Waals surface area contributed by atoms with Gasteiger partial charge in [0, 0.05) is 18.4 Å². The van der Waals surface area contributed by atoms with Crippen LogP contribution in [0.2, 0.25) is 0 Å². The number of quaternary nitrogens is 2. The van der Waals surface area contributed by atoms with Gasteiger partial charge in [-0.05, 0) is 31.2 Å². The van der Waals surface area contributed by atoms with E-state index < -0.39 is 0 Å². The fourth-order valence-corrected chi connectivity index (χ4v) is 2.94. The van der Waals surface area contributed by atoms with Crippen molar-refractivity contribution in [3.05, 3.63) is 29.8 Å². The molecule has 0 radical (unpaired) electrons. The smallest absolute Gasteiger partial charge is 0.119 e. The lowest BCUT2D eigenvalue weighted by Crippen LogP contribution is -3.17. The fraction of sp³-hybridized carbons (Fsp3) is 0.625. The minimum absolute atomic E-state index is 0.739. The lowest BCUT2D eigenvalue weighted by atomic mass is 10.0. The maximum Gasteiger partial charge on any atom is 0.119 e. The highest BCUT2D eigenvalue weighted by atomic mass is 16.5. The molecule has 0 bridgehead atoms. The molecule has 1 fully saturated rings. The third kappa shape index (κ3) is 4.22. The van der Waals surface area contributed by atoms with E-state index >= 15 is 0 Å². The summed E-state index contributed by atoms with van der Waals surface area (Å²) in [6.07, 6.45) is 2.71. The van der Waals surface area contributed by atoms with Crippen LogP contribution in [0, 0.1) is 0 Å². The summed E-state index contributed by atoms with van der Waals surface area (Å²) in [6.45, 7) is 6.53. The number of likely N-dealkylation sites (tertiary alicyclic amines) is 1. The van der Waals surface area contributed by atoms with Gasteiger partial charge in [-0.25, -0.2) is 0 Å². The maximum atomic E-state index is 5.48. The predicted molar refractivity (Wildman–Crippen MR) is 77.8 cm³/mol. The molecule has 1 aliphatic rings. The molecule has 0 spiro atoms. The van der Waals surface area contributed by atoms with Crippen molar-refractivity contribution in [2.24, 2.45) is 0 Å². The summed E-state index contributed by atoms with van der Waals surface area (Å²) < 4.78 is 5.48. The van der Waals surface area contributed by atoms with Crippen LogP contribution in [0.3, 0.4) is 0 Å². The second-order valence-corrected chi connectivity index (χ2v) is 5.83. The average molecular weight is 264 g/mol. The summed E-state index contributed by atoms with van der Waals surface area (Å²) in [5.41, 5.74) is 1.41. The molecule has 19 heavy (non-hydrogen) atoms. The number of nitrogens with one attached hydrogen (secondary N) is 2. The van der Waals surface area contributed by atoms with Gasteiger partial charge in [0.2, 0.25) is 0 Å². The molecule has 106 valence electrons. The molecule has 0 amide bonds. The van der Waals surface area contributed by atoms with Crippen molar-refractivity contribution in [3.8, 4) is 5.75 Å². The van der Waals surface area contributed by atoms with Gasteiger partial charge in [-0.15, -0.1) is 0 Å². The maximum absolute atomic E-state index is 5.48. The van der Waals surface area contributed by atoms with Crippen LogP contribution in [0.25, 0.3) is 0 Å². The van der Waals surface area contributed by atoms with Crippen molar-refractivity contribution in [3.63, 3.8) is 0 Å². The highest BCUT2D eigenvalue weighted by Gasteiger charge is 2.25. The Morgan fingerprint density at radius 2 is 1.84 bits per heavy atom. The van der Waals surface area contributed by atoms with E-state index in [2.05, 4.69) is 38.4 Å². The van der Waals surface area contributed by atoms with Crippen molar-refractivity contribution in [2.75, 3.05) is 33.8 Å². The van der Waals surface area contributed by atoms with Crippen LogP contribution >= 0.6 is 0 Å². The Morgan fingerprint density at radius 3 is 2.42 bits per heavy atom. The van der Waals surface area contributed by atoms with E-state index in [1.54, 1.807) is 9.80 Å². The van der Waals surface area contributed by atoms with E-state index in [1.807, 2.05) is 6.92 Å². The van der Waals surface area contributed by atoms with Crippen molar-refractivity contribution in [2.45, 2.75) is 32.4 Å². The van der Waals surface area contributed by atoms with E-state index in [9.17, 15) is 0 Å². The van der Waals surface area contributed by atoms with Crippen molar-refractivity contribution < 1.29 is 14.5 Å². The molecule has 1 aromatic rings. The van der Waals surface area contributed by atoms with Crippen LogP contribution in [-0.2, 0) is 6.54 Å². The summed E-state index contributed by atoms with van der Waals surface area (Å²) in [5, 5.41) is 0. The fourth-order valence-electron chi connectivity index (χ4n) is 2.94. The highest BCUT2D eigenvalue weighted by Crippen LogP contribution is 2.11. The van der Waals surface area contributed by atoms with Crippen LogP contribution in [0.4, 0.5) is 0 Å². The second-order valence-electron chi connectivity index (χ2n) is 5.83. The zero-order valence-corrected chi connectivity index (χ0v) is 12.5. The van der Waals surface area contributed by atoms with Gasteiger partial charge in [0.05, 0.1) is 39.8 Å². The Kier molecular flexibility index (Phi) is 5.23. The Bertz CT molecular complexity index is 369. The van der Waals surface area contributed by atoms with Gasteiger partial charge in [-0.1, -0.05) is 0 Å². The van der Waals surface area contributed by atoms with Gasteiger partial charge in [0.1, 0.15) is 12.3 Å². The predicted octanol–water partition coefficient (Wildman–Crippen LogP) is -0.223. The zero-order valence-electron chi connectivity index (χ0n) is 12.5. The van der Waals surface area contributed by atoms with E-state index in [0.29, 0.717) is 0 Å². The number of ether oxygens (including phenoxy) is 1. The molecule has 0 saturated carbocycles. The summed E-state index contributed by atoms with van der Waals surface area (Å²) in [4.78, 5) is 3.33. The quantitative estimate of drug-likeness (QED) is 0.752. The summed E-state index contributed by atoms with van der Waals surface area (Å²) in [7, 11) is 4.64.